The smallest absolute Gasteiger partial charge is 0.336 e. The van der Waals surface area contributed by atoms with Crippen molar-refractivity contribution in [3.63, 3.8) is 0 Å². The van der Waals surface area contributed by atoms with Gasteiger partial charge in [-0.3, -0.25) is 0 Å². The number of benzene rings is 1. The first-order chi connectivity index (χ1) is 16.4. The third kappa shape index (κ3) is 11.5. The van der Waals surface area contributed by atoms with Crippen molar-refractivity contribution in [2.75, 3.05) is 0 Å². The number of carbonyl (C=O) groups is 2. The van der Waals surface area contributed by atoms with Crippen molar-refractivity contribution < 1.29 is 19.8 Å². The predicted molar refractivity (Wildman–Crippen MR) is 142 cm³/mol. The van der Waals surface area contributed by atoms with Crippen molar-refractivity contribution in [3.05, 3.63) is 34.4 Å². The fourth-order valence-electron chi connectivity index (χ4n) is 4.89. The molecular formula is C30H50O4. The van der Waals surface area contributed by atoms with Gasteiger partial charge >= 0.3 is 11.9 Å². The van der Waals surface area contributed by atoms with E-state index >= 15 is 0 Å². The lowest BCUT2D eigenvalue weighted by Gasteiger charge is -2.19. The minimum atomic E-state index is -1.17. The molecule has 0 spiro atoms. The molecule has 0 aliphatic rings. The summed E-state index contributed by atoms with van der Waals surface area (Å²) in [5.41, 5.74) is 1.62. The SMILES string of the molecule is CCCCCCCCCCCCCCCCCCc1c(C(C)CC)ccc(C(=O)O)c1C(=O)O. The Kier molecular flexibility index (Phi) is 16.4. The molecule has 0 aliphatic carbocycles. The van der Waals surface area contributed by atoms with E-state index in [0.717, 1.165) is 36.8 Å². The first-order valence-electron chi connectivity index (χ1n) is 14.1. The normalized spacial score (nSPS) is 12.1. The van der Waals surface area contributed by atoms with Gasteiger partial charge in [-0.2, -0.15) is 0 Å². The first-order valence-corrected chi connectivity index (χ1v) is 14.1. The average Bonchev–Trinajstić information content (AvgIpc) is 2.82. The Morgan fingerprint density at radius 1 is 0.676 bits per heavy atom. The number of hydrogen-bond donors (Lipinski definition) is 2. The molecule has 0 aromatic heterocycles. The molecule has 0 amide bonds. The second-order valence-corrected chi connectivity index (χ2v) is 10.0. The molecule has 0 aliphatic heterocycles. The lowest BCUT2D eigenvalue weighted by Crippen LogP contribution is -2.15. The third-order valence-electron chi connectivity index (χ3n) is 7.22. The summed E-state index contributed by atoms with van der Waals surface area (Å²) in [4.78, 5) is 23.5. The number of carboxylic acids is 2. The molecule has 34 heavy (non-hydrogen) atoms. The van der Waals surface area contributed by atoms with Crippen LogP contribution in [-0.4, -0.2) is 22.2 Å². The largest absolute Gasteiger partial charge is 0.478 e. The lowest BCUT2D eigenvalue weighted by molar-refractivity contribution is 0.0650. The highest BCUT2D eigenvalue weighted by Gasteiger charge is 2.24. The maximum atomic E-state index is 11.9. The van der Waals surface area contributed by atoms with Gasteiger partial charge in [0.15, 0.2) is 0 Å². The number of aromatic carboxylic acids is 2. The van der Waals surface area contributed by atoms with E-state index in [1.54, 1.807) is 0 Å². The highest BCUT2D eigenvalue weighted by Crippen LogP contribution is 2.30. The average molecular weight is 475 g/mol. The summed E-state index contributed by atoms with van der Waals surface area (Å²) < 4.78 is 0. The number of hydrogen-bond acceptors (Lipinski definition) is 2. The number of unbranched alkanes of at least 4 members (excludes halogenated alkanes) is 15. The molecule has 1 rings (SSSR count). The highest BCUT2D eigenvalue weighted by atomic mass is 16.4. The van der Waals surface area contributed by atoms with Crippen molar-refractivity contribution in [2.24, 2.45) is 0 Å². The van der Waals surface area contributed by atoms with Crippen molar-refractivity contribution >= 4 is 11.9 Å². The second kappa shape index (κ2) is 18.5. The molecule has 4 heteroatoms. The van der Waals surface area contributed by atoms with E-state index in [-0.39, 0.29) is 17.0 Å². The Morgan fingerprint density at radius 3 is 1.50 bits per heavy atom. The third-order valence-corrected chi connectivity index (χ3v) is 7.22. The monoisotopic (exact) mass is 474 g/mol. The molecule has 1 aromatic carbocycles. The van der Waals surface area contributed by atoms with Gasteiger partial charge in [0, 0.05) is 0 Å². The van der Waals surface area contributed by atoms with E-state index in [9.17, 15) is 19.8 Å². The van der Waals surface area contributed by atoms with E-state index in [2.05, 4.69) is 20.8 Å². The summed E-state index contributed by atoms with van der Waals surface area (Å²) in [5, 5.41) is 19.2. The standard InChI is InChI=1S/C30H50O4/c1-4-6-7-8-9-10-11-12-13-14-15-16-17-18-19-20-21-26-25(24(3)5-2)22-23-27(29(31)32)28(26)30(33)34/h22-24H,4-21H2,1-3H3,(H,31,32)(H,33,34). The minimum Gasteiger partial charge on any atom is -0.478 e. The van der Waals surface area contributed by atoms with Crippen LogP contribution in [0.15, 0.2) is 12.1 Å². The van der Waals surface area contributed by atoms with E-state index in [0.29, 0.717) is 6.42 Å². The predicted octanol–water partition coefficient (Wildman–Crippen LogP) is 9.40. The van der Waals surface area contributed by atoms with Crippen molar-refractivity contribution in [1.82, 2.24) is 0 Å². The van der Waals surface area contributed by atoms with Gasteiger partial charge in [-0.1, -0.05) is 123 Å². The van der Waals surface area contributed by atoms with Crippen molar-refractivity contribution in [1.29, 1.82) is 0 Å². The van der Waals surface area contributed by atoms with E-state index < -0.39 is 11.9 Å². The van der Waals surface area contributed by atoms with Crippen LogP contribution in [0.4, 0.5) is 0 Å². The van der Waals surface area contributed by atoms with E-state index in [4.69, 9.17) is 0 Å². The van der Waals surface area contributed by atoms with Crippen LogP contribution >= 0.6 is 0 Å². The number of rotatable bonds is 21. The number of carboxylic acid groups (broad SMARTS) is 2. The molecule has 0 saturated carbocycles. The van der Waals surface area contributed by atoms with Crippen LogP contribution in [0, 0.1) is 0 Å². The zero-order valence-corrected chi connectivity index (χ0v) is 22.2. The van der Waals surface area contributed by atoms with Crippen LogP contribution in [0.3, 0.4) is 0 Å². The second-order valence-electron chi connectivity index (χ2n) is 10.0. The topological polar surface area (TPSA) is 74.6 Å². The fourth-order valence-corrected chi connectivity index (χ4v) is 4.89. The van der Waals surface area contributed by atoms with Crippen LogP contribution in [-0.2, 0) is 6.42 Å². The molecule has 0 radical (unpaired) electrons. The molecule has 1 aromatic rings. The zero-order valence-electron chi connectivity index (χ0n) is 22.2. The quantitative estimate of drug-likeness (QED) is 0.174. The lowest BCUT2D eigenvalue weighted by atomic mass is 9.85. The van der Waals surface area contributed by atoms with Gasteiger partial charge in [0.1, 0.15) is 0 Å². The zero-order chi connectivity index (χ0) is 25.2. The van der Waals surface area contributed by atoms with Gasteiger partial charge in [0.05, 0.1) is 11.1 Å². The Morgan fingerprint density at radius 2 is 1.12 bits per heavy atom. The van der Waals surface area contributed by atoms with E-state index in [1.807, 2.05) is 6.07 Å². The molecular weight excluding hydrogens is 424 g/mol. The van der Waals surface area contributed by atoms with Crippen LogP contribution in [0.1, 0.15) is 168 Å². The maximum absolute atomic E-state index is 11.9. The summed E-state index contributed by atoms with van der Waals surface area (Å²) in [6.45, 7) is 6.43. The molecule has 4 nitrogen and oxygen atoms in total. The van der Waals surface area contributed by atoms with Gasteiger partial charge in [-0.25, -0.2) is 9.59 Å². The van der Waals surface area contributed by atoms with Gasteiger partial charge in [0.2, 0.25) is 0 Å². The van der Waals surface area contributed by atoms with E-state index in [1.165, 1.54) is 89.5 Å². The van der Waals surface area contributed by atoms with Gasteiger partial charge in [0.25, 0.3) is 0 Å². The summed E-state index contributed by atoms with van der Waals surface area (Å²) in [6, 6.07) is 3.29. The Balaban J connectivity index is 2.29. The Labute approximate surface area is 208 Å². The summed E-state index contributed by atoms with van der Waals surface area (Å²) in [7, 11) is 0. The molecule has 0 fully saturated rings. The van der Waals surface area contributed by atoms with Crippen molar-refractivity contribution in [2.45, 2.75) is 142 Å². The van der Waals surface area contributed by atoms with Crippen LogP contribution < -0.4 is 0 Å². The Bertz CT molecular complexity index is 710. The maximum Gasteiger partial charge on any atom is 0.336 e. The van der Waals surface area contributed by atoms with Gasteiger partial charge < -0.3 is 10.2 Å². The molecule has 1 unspecified atom stereocenters. The summed E-state index contributed by atoms with van der Waals surface area (Å²) >= 11 is 0. The molecule has 0 heterocycles. The molecule has 1 atom stereocenters. The van der Waals surface area contributed by atoms with Crippen molar-refractivity contribution in [3.8, 4) is 0 Å². The molecule has 0 saturated heterocycles. The van der Waals surface area contributed by atoms with Crippen LogP contribution in [0.5, 0.6) is 0 Å². The van der Waals surface area contributed by atoms with Gasteiger partial charge in [-0.15, -0.1) is 0 Å². The minimum absolute atomic E-state index is 0.00809. The highest BCUT2D eigenvalue weighted by molar-refractivity contribution is 6.03. The first kappa shape index (κ1) is 30.2. The molecule has 0 bridgehead atoms. The van der Waals surface area contributed by atoms with Crippen LogP contribution in [0.25, 0.3) is 0 Å². The summed E-state index contributed by atoms with van der Waals surface area (Å²) in [5.74, 6) is -2.08. The summed E-state index contributed by atoms with van der Waals surface area (Å²) in [6.07, 6.45) is 22.3. The Hall–Kier alpha value is -1.84. The molecule has 194 valence electrons. The van der Waals surface area contributed by atoms with Crippen LogP contribution in [0.2, 0.25) is 0 Å². The molecule has 2 N–H and O–H groups in total. The van der Waals surface area contributed by atoms with Gasteiger partial charge in [-0.05, 0) is 42.4 Å². The fraction of sp³-hybridized carbons (Fsp3) is 0.733.